The molecule has 2 heterocycles. The first-order valence-corrected chi connectivity index (χ1v) is 10.3. The number of nitrogens with zero attached hydrogens (tertiary/aromatic N) is 1. The van der Waals surface area contributed by atoms with Crippen molar-refractivity contribution < 1.29 is 13.9 Å². The van der Waals surface area contributed by atoms with Crippen LogP contribution in [0.2, 0.25) is 0 Å². The Bertz CT molecular complexity index is 788. The highest BCUT2D eigenvalue weighted by atomic mass is 19.1. The molecule has 2 unspecified atom stereocenters. The third-order valence-corrected chi connectivity index (χ3v) is 6.41. The average molecular weight is 384 g/mol. The summed E-state index contributed by atoms with van der Waals surface area (Å²) >= 11 is 0. The normalized spacial score (nSPS) is 22.6. The molecule has 2 aliphatic rings. The summed E-state index contributed by atoms with van der Waals surface area (Å²) in [5, 5.41) is 0. The van der Waals surface area contributed by atoms with Crippen LogP contribution in [0.1, 0.15) is 36.9 Å². The molecule has 0 amide bonds. The summed E-state index contributed by atoms with van der Waals surface area (Å²) in [5.74, 6) is 0.486. The van der Waals surface area contributed by atoms with Crippen LogP contribution in [0.3, 0.4) is 0 Å². The number of halogens is 1. The molecule has 150 valence electrons. The summed E-state index contributed by atoms with van der Waals surface area (Å²) in [6.45, 7) is 6.17. The largest absolute Gasteiger partial charge is 0.494 e. The van der Waals surface area contributed by atoms with E-state index in [1.807, 2.05) is 6.07 Å². The van der Waals surface area contributed by atoms with Gasteiger partial charge in [-0.25, -0.2) is 4.39 Å². The fraction of sp³-hybridized carbons (Fsp3) is 0.500. The minimum atomic E-state index is -0.278. The second-order valence-electron chi connectivity index (χ2n) is 8.50. The van der Waals surface area contributed by atoms with Crippen molar-refractivity contribution in [2.45, 2.75) is 32.2 Å². The molecular weight excluding hydrogens is 353 g/mol. The lowest BCUT2D eigenvalue weighted by Crippen LogP contribution is -2.61. The van der Waals surface area contributed by atoms with E-state index in [0.717, 1.165) is 51.1 Å². The van der Waals surface area contributed by atoms with Gasteiger partial charge in [0.2, 0.25) is 0 Å². The molecule has 2 aliphatic heterocycles. The lowest BCUT2D eigenvalue weighted by Gasteiger charge is -2.60. The quantitative estimate of drug-likeness (QED) is 0.711. The molecule has 2 fully saturated rings. The molecule has 4 heteroatoms. The van der Waals surface area contributed by atoms with Gasteiger partial charge in [0.1, 0.15) is 0 Å². The number of methoxy groups -OCH3 is 1. The highest BCUT2D eigenvalue weighted by Crippen LogP contribution is 2.54. The number of rotatable bonds is 6. The molecule has 2 aromatic rings. The molecule has 3 nitrogen and oxygen atoms in total. The Balaban J connectivity index is 1.45. The summed E-state index contributed by atoms with van der Waals surface area (Å²) in [4.78, 5) is 2.62. The smallest absolute Gasteiger partial charge is 0.165 e. The minimum Gasteiger partial charge on any atom is -0.494 e. The van der Waals surface area contributed by atoms with Gasteiger partial charge in [-0.1, -0.05) is 43.3 Å². The molecule has 0 saturated carbocycles. The fourth-order valence-corrected chi connectivity index (χ4v) is 5.14. The van der Waals surface area contributed by atoms with E-state index in [2.05, 4.69) is 42.2 Å². The first-order valence-electron chi connectivity index (χ1n) is 10.3. The standard InChI is InChI=1S/C24H30FNO2/c1-18(14-19-8-9-22(27-2)21(25)15-19)16-26-17-24(10-12-28-13-11-24)23(26)20-6-4-3-5-7-20/h3-9,15,18,23H,10-14,16-17H2,1-2H3. The van der Waals surface area contributed by atoms with Gasteiger partial charge < -0.3 is 9.47 Å². The maximum Gasteiger partial charge on any atom is 0.165 e. The van der Waals surface area contributed by atoms with Crippen LogP contribution in [0, 0.1) is 17.2 Å². The van der Waals surface area contributed by atoms with Crippen LogP contribution in [-0.2, 0) is 11.2 Å². The molecule has 4 rings (SSSR count). The maximum atomic E-state index is 14.0. The van der Waals surface area contributed by atoms with Crippen LogP contribution < -0.4 is 4.74 Å². The molecule has 0 bridgehead atoms. The predicted molar refractivity (Wildman–Crippen MR) is 109 cm³/mol. The topological polar surface area (TPSA) is 21.7 Å². The van der Waals surface area contributed by atoms with Crippen LogP contribution in [0.15, 0.2) is 48.5 Å². The van der Waals surface area contributed by atoms with E-state index in [-0.39, 0.29) is 5.82 Å². The van der Waals surface area contributed by atoms with Gasteiger partial charge in [0.05, 0.1) is 7.11 Å². The van der Waals surface area contributed by atoms with Crippen molar-refractivity contribution in [3.63, 3.8) is 0 Å². The van der Waals surface area contributed by atoms with Gasteiger partial charge in [-0.15, -0.1) is 0 Å². The minimum absolute atomic E-state index is 0.278. The van der Waals surface area contributed by atoms with Crippen LogP contribution in [-0.4, -0.2) is 38.3 Å². The Morgan fingerprint density at radius 2 is 1.93 bits per heavy atom. The molecule has 2 aromatic carbocycles. The Morgan fingerprint density at radius 1 is 1.18 bits per heavy atom. The molecule has 2 saturated heterocycles. The Labute approximate surface area is 167 Å². The van der Waals surface area contributed by atoms with Gasteiger partial charge in [0, 0.05) is 37.8 Å². The fourth-order valence-electron chi connectivity index (χ4n) is 5.14. The number of benzene rings is 2. The van der Waals surface area contributed by atoms with Crippen LogP contribution >= 0.6 is 0 Å². The van der Waals surface area contributed by atoms with Crippen molar-refractivity contribution in [2.75, 3.05) is 33.4 Å². The van der Waals surface area contributed by atoms with Crippen molar-refractivity contribution in [1.29, 1.82) is 0 Å². The summed E-state index contributed by atoms with van der Waals surface area (Å²) in [6, 6.07) is 16.7. The summed E-state index contributed by atoms with van der Waals surface area (Å²) in [6.07, 6.45) is 3.15. The summed E-state index contributed by atoms with van der Waals surface area (Å²) in [5.41, 5.74) is 2.80. The lowest BCUT2D eigenvalue weighted by atomic mass is 9.64. The van der Waals surface area contributed by atoms with Crippen LogP contribution in [0.5, 0.6) is 5.75 Å². The zero-order valence-electron chi connectivity index (χ0n) is 16.9. The molecule has 1 spiro atoms. The number of ether oxygens (including phenoxy) is 2. The third-order valence-electron chi connectivity index (χ3n) is 6.41. The molecule has 2 atom stereocenters. The first kappa shape index (κ1) is 19.4. The van der Waals surface area contributed by atoms with Gasteiger partial charge in [0.25, 0.3) is 0 Å². The van der Waals surface area contributed by atoms with E-state index in [9.17, 15) is 4.39 Å². The predicted octanol–water partition coefficient (Wildman–Crippen LogP) is 4.87. The molecule has 28 heavy (non-hydrogen) atoms. The summed E-state index contributed by atoms with van der Waals surface area (Å²) in [7, 11) is 1.50. The van der Waals surface area contributed by atoms with E-state index < -0.39 is 0 Å². The van der Waals surface area contributed by atoms with E-state index in [1.54, 1.807) is 12.1 Å². The van der Waals surface area contributed by atoms with E-state index in [1.165, 1.54) is 12.7 Å². The van der Waals surface area contributed by atoms with E-state index >= 15 is 0 Å². The Kier molecular flexibility index (Phi) is 5.70. The lowest BCUT2D eigenvalue weighted by molar-refractivity contribution is -0.139. The van der Waals surface area contributed by atoms with Crippen molar-refractivity contribution in [3.05, 3.63) is 65.5 Å². The monoisotopic (exact) mass is 383 g/mol. The molecular formula is C24H30FNO2. The number of hydrogen-bond acceptors (Lipinski definition) is 3. The Hall–Kier alpha value is -1.91. The molecule has 0 N–H and O–H groups in total. The highest BCUT2D eigenvalue weighted by molar-refractivity contribution is 5.30. The van der Waals surface area contributed by atoms with Gasteiger partial charge in [-0.05, 0) is 48.4 Å². The molecule has 0 radical (unpaired) electrons. The first-order chi connectivity index (χ1) is 13.6. The van der Waals surface area contributed by atoms with Crippen molar-refractivity contribution >= 4 is 0 Å². The van der Waals surface area contributed by atoms with Crippen molar-refractivity contribution in [2.24, 2.45) is 11.3 Å². The van der Waals surface area contributed by atoms with E-state index in [0.29, 0.717) is 23.1 Å². The van der Waals surface area contributed by atoms with Gasteiger partial charge in [-0.3, -0.25) is 4.90 Å². The Morgan fingerprint density at radius 3 is 2.61 bits per heavy atom. The number of likely N-dealkylation sites (tertiary alicyclic amines) is 1. The SMILES string of the molecule is COc1ccc(CC(C)CN2CC3(CCOCC3)C2c2ccccc2)cc1F. The number of hydrogen-bond donors (Lipinski definition) is 0. The molecule has 0 aliphatic carbocycles. The van der Waals surface area contributed by atoms with Crippen molar-refractivity contribution in [3.8, 4) is 5.75 Å². The summed E-state index contributed by atoms with van der Waals surface area (Å²) < 4.78 is 24.7. The second-order valence-corrected chi connectivity index (χ2v) is 8.50. The highest BCUT2D eigenvalue weighted by Gasteiger charge is 2.53. The van der Waals surface area contributed by atoms with Gasteiger partial charge in [0.15, 0.2) is 11.6 Å². The van der Waals surface area contributed by atoms with Gasteiger partial charge in [-0.2, -0.15) is 0 Å². The average Bonchev–Trinajstić information content (AvgIpc) is 2.69. The molecule has 0 aromatic heterocycles. The second kappa shape index (κ2) is 8.22. The van der Waals surface area contributed by atoms with Crippen LogP contribution in [0.25, 0.3) is 0 Å². The zero-order chi connectivity index (χ0) is 19.6. The third kappa shape index (κ3) is 3.81. The van der Waals surface area contributed by atoms with Crippen molar-refractivity contribution in [1.82, 2.24) is 4.90 Å². The maximum absolute atomic E-state index is 14.0. The van der Waals surface area contributed by atoms with E-state index in [4.69, 9.17) is 9.47 Å². The van der Waals surface area contributed by atoms with Gasteiger partial charge >= 0.3 is 0 Å². The van der Waals surface area contributed by atoms with Crippen LogP contribution in [0.4, 0.5) is 4.39 Å². The zero-order valence-corrected chi connectivity index (χ0v) is 16.9.